The van der Waals surface area contributed by atoms with Gasteiger partial charge in [-0.2, -0.15) is 0 Å². The van der Waals surface area contributed by atoms with Crippen LogP contribution in [0.3, 0.4) is 0 Å². The topological polar surface area (TPSA) is 35.5 Å². The first-order valence-corrected chi connectivity index (χ1v) is 7.45. The average Bonchev–Trinajstić information content (AvgIpc) is 3.21. The fraction of sp³-hybridized carbons (Fsp3) is 0.625. The van der Waals surface area contributed by atoms with E-state index in [-0.39, 0.29) is 12.6 Å². The van der Waals surface area contributed by atoms with Gasteiger partial charge in [0.1, 0.15) is 0 Å². The van der Waals surface area contributed by atoms with Crippen molar-refractivity contribution in [1.82, 2.24) is 10.2 Å². The van der Waals surface area contributed by atoms with Crippen molar-refractivity contribution in [3.8, 4) is 0 Å². The van der Waals surface area contributed by atoms with Gasteiger partial charge in [-0.25, -0.2) is 0 Å². The van der Waals surface area contributed by atoms with E-state index in [0.29, 0.717) is 12.1 Å². The van der Waals surface area contributed by atoms with E-state index < -0.39 is 0 Å². The molecule has 2 fully saturated rings. The van der Waals surface area contributed by atoms with E-state index in [0.717, 1.165) is 12.6 Å². The maximum Gasteiger partial charge on any atom is 0.0626 e. The number of nitrogens with zero attached hydrogens (tertiary/aromatic N) is 1. The van der Waals surface area contributed by atoms with E-state index >= 15 is 0 Å². The van der Waals surface area contributed by atoms with Crippen molar-refractivity contribution in [2.45, 2.75) is 50.4 Å². The predicted molar refractivity (Wildman–Crippen MR) is 77.0 cm³/mol. The summed E-state index contributed by atoms with van der Waals surface area (Å²) in [6, 6.07) is 12.4. The molecule has 0 spiro atoms. The third-order valence-corrected chi connectivity index (χ3v) is 4.46. The lowest BCUT2D eigenvalue weighted by molar-refractivity contribution is 0.227. The molecule has 3 nitrogen and oxygen atoms in total. The molecule has 0 radical (unpaired) electrons. The zero-order valence-electron chi connectivity index (χ0n) is 11.6. The molecule has 3 atom stereocenters. The minimum atomic E-state index is 0.0672. The lowest BCUT2D eigenvalue weighted by Gasteiger charge is -2.22. The van der Waals surface area contributed by atoms with E-state index in [1.807, 2.05) is 18.2 Å². The van der Waals surface area contributed by atoms with Crippen molar-refractivity contribution in [1.29, 1.82) is 0 Å². The van der Waals surface area contributed by atoms with Crippen LogP contribution >= 0.6 is 0 Å². The van der Waals surface area contributed by atoms with Crippen molar-refractivity contribution in [3.63, 3.8) is 0 Å². The first-order valence-electron chi connectivity index (χ1n) is 7.45. The normalized spacial score (nSPS) is 29.6. The Morgan fingerprint density at radius 1 is 1.32 bits per heavy atom. The monoisotopic (exact) mass is 260 g/mol. The Bertz CT molecular complexity index is 404. The van der Waals surface area contributed by atoms with Crippen molar-refractivity contribution in [3.05, 3.63) is 35.9 Å². The van der Waals surface area contributed by atoms with Gasteiger partial charge >= 0.3 is 0 Å². The Balaban J connectivity index is 1.61. The molecule has 1 saturated heterocycles. The summed E-state index contributed by atoms with van der Waals surface area (Å²) in [5.74, 6) is 0. The quantitative estimate of drug-likeness (QED) is 0.849. The molecule has 19 heavy (non-hydrogen) atoms. The van der Waals surface area contributed by atoms with Crippen LogP contribution in [0.5, 0.6) is 0 Å². The van der Waals surface area contributed by atoms with E-state index in [1.54, 1.807) is 0 Å². The van der Waals surface area contributed by atoms with Crippen molar-refractivity contribution < 1.29 is 5.11 Å². The molecule has 3 unspecified atom stereocenters. The molecule has 1 aromatic rings. The zero-order chi connectivity index (χ0) is 13.2. The molecule has 3 heteroatoms. The lowest BCUT2D eigenvalue weighted by atomic mass is 10.1. The zero-order valence-corrected chi connectivity index (χ0v) is 11.6. The second-order valence-electron chi connectivity index (χ2n) is 6.02. The summed E-state index contributed by atoms with van der Waals surface area (Å²) in [6.07, 6.45) is 3.94. The second-order valence-corrected chi connectivity index (χ2v) is 6.02. The van der Waals surface area contributed by atoms with Crippen LogP contribution in [0.2, 0.25) is 0 Å². The molecule has 1 aromatic carbocycles. The Hall–Kier alpha value is -0.900. The summed E-state index contributed by atoms with van der Waals surface area (Å²) in [6.45, 7) is 3.63. The Morgan fingerprint density at radius 3 is 2.68 bits per heavy atom. The number of nitrogens with one attached hydrogen (secondary N) is 1. The highest BCUT2D eigenvalue weighted by Gasteiger charge is 2.39. The van der Waals surface area contributed by atoms with E-state index in [2.05, 4.69) is 29.3 Å². The van der Waals surface area contributed by atoms with E-state index in [1.165, 1.54) is 24.8 Å². The van der Waals surface area contributed by atoms with Crippen molar-refractivity contribution in [2.75, 3.05) is 13.2 Å². The van der Waals surface area contributed by atoms with Gasteiger partial charge in [0.25, 0.3) is 0 Å². The Kier molecular flexibility index (Phi) is 3.87. The largest absolute Gasteiger partial charge is 0.394 e. The van der Waals surface area contributed by atoms with E-state index in [4.69, 9.17) is 0 Å². The van der Waals surface area contributed by atoms with E-state index in [9.17, 15) is 5.11 Å². The molecule has 0 amide bonds. The van der Waals surface area contributed by atoms with Gasteiger partial charge in [-0.15, -0.1) is 0 Å². The summed E-state index contributed by atoms with van der Waals surface area (Å²) in [7, 11) is 0. The third kappa shape index (κ3) is 2.99. The molecule has 1 saturated carbocycles. The fourth-order valence-electron chi connectivity index (χ4n) is 3.32. The molecular formula is C16H24N2O. The van der Waals surface area contributed by atoms with Gasteiger partial charge in [-0.05, 0) is 31.7 Å². The van der Waals surface area contributed by atoms with Crippen LogP contribution in [0, 0.1) is 0 Å². The minimum absolute atomic E-state index is 0.0672. The highest BCUT2D eigenvalue weighted by Crippen LogP contribution is 2.33. The van der Waals surface area contributed by atoms with Crippen molar-refractivity contribution in [2.24, 2.45) is 0 Å². The van der Waals surface area contributed by atoms with Crippen LogP contribution in [0.25, 0.3) is 0 Å². The molecule has 104 valence electrons. The SMILES string of the molecule is CC1CC(NC(CO)c2ccccc2)CN1C1CC1. The number of aliphatic hydroxyl groups excluding tert-OH is 1. The summed E-state index contributed by atoms with van der Waals surface area (Å²) < 4.78 is 0. The van der Waals surface area contributed by atoms with Gasteiger partial charge in [0.15, 0.2) is 0 Å². The number of hydrogen-bond acceptors (Lipinski definition) is 3. The molecule has 0 aromatic heterocycles. The van der Waals surface area contributed by atoms with Crippen LogP contribution in [0.1, 0.15) is 37.8 Å². The second kappa shape index (κ2) is 5.61. The molecule has 3 rings (SSSR count). The molecule has 2 aliphatic rings. The highest BCUT2D eigenvalue weighted by atomic mass is 16.3. The Labute approximate surface area is 115 Å². The number of likely N-dealkylation sites (tertiary alicyclic amines) is 1. The summed E-state index contributed by atoms with van der Waals surface area (Å²) in [5.41, 5.74) is 1.18. The van der Waals surface area contributed by atoms with Crippen LogP contribution in [-0.2, 0) is 0 Å². The third-order valence-electron chi connectivity index (χ3n) is 4.46. The van der Waals surface area contributed by atoms with Crippen LogP contribution < -0.4 is 5.32 Å². The van der Waals surface area contributed by atoms with Gasteiger partial charge in [0.2, 0.25) is 0 Å². The number of hydrogen-bond donors (Lipinski definition) is 2. The van der Waals surface area contributed by atoms with Gasteiger partial charge < -0.3 is 10.4 Å². The maximum atomic E-state index is 9.62. The summed E-state index contributed by atoms with van der Waals surface area (Å²) in [5, 5.41) is 13.3. The first-order chi connectivity index (χ1) is 9.28. The molecule has 0 bridgehead atoms. The first kappa shape index (κ1) is 13.1. The predicted octanol–water partition coefficient (Wildman–Crippen LogP) is 1.93. The van der Waals surface area contributed by atoms with Gasteiger partial charge in [-0.3, -0.25) is 4.90 Å². The highest BCUT2D eigenvalue weighted by molar-refractivity contribution is 5.19. The van der Waals surface area contributed by atoms with Crippen LogP contribution in [0.15, 0.2) is 30.3 Å². The number of rotatable bonds is 5. The molecular weight excluding hydrogens is 236 g/mol. The standard InChI is InChI=1S/C16H24N2O/c1-12-9-14(10-18(12)15-7-8-15)17-16(11-19)13-5-3-2-4-6-13/h2-6,12,14-17,19H,7-11H2,1H3. The van der Waals surface area contributed by atoms with Crippen LogP contribution in [0.4, 0.5) is 0 Å². The minimum Gasteiger partial charge on any atom is -0.394 e. The summed E-state index contributed by atoms with van der Waals surface area (Å²) in [4.78, 5) is 2.64. The number of aliphatic hydroxyl groups is 1. The van der Waals surface area contributed by atoms with Crippen molar-refractivity contribution >= 4 is 0 Å². The van der Waals surface area contributed by atoms with Gasteiger partial charge in [0, 0.05) is 24.7 Å². The molecule has 1 aliphatic heterocycles. The number of benzene rings is 1. The van der Waals surface area contributed by atoms with Crippen LogP contribution in [-0.4, -0.2) is 41.3 Å². The Morgan fingerprint density at radius 2 is 2.05 bits per heavy atom. The molecule has 1 aliphatic carbocycles. The lowest BCUT2D eigenvalue weighted by Crippen LogP contribution is -2.37. The summed E-state index contributed by atoms with van der Waals surface area (Å²) >= 11 is 0. The molecule has 1 heterocycles. The van der Waals surface area contributed by atoms with Gasteiger partial charge in [0.05, 0.1) is 12.6 Å². The fourth-order valence-corrected chi connectivity index (χ4v) is 3.32. The van der Waals surface area contributed by atoms with Gasteiger partial charge in [-0.1, -0.05) is 30.3 Å². The molecule has 2 N–H and O–H groups in total. The maximum absolute atomic E-state index is 9.62. The smallest absolute Gasteiger partial charge is 0.0626 e. The average molecular weight is 260 g/mol.